The molecule has 2 N–H and O–H groups in total. The molecule has 0 aliphatic carbocycles. The molecule has 0 amide bonds. The highest BCUT2D eigenvalue weighted by Crippen LogP contribution is 2.41. The van der Waals surface area contributed by atoms with E-state index in [-0.39, 0.29) is 11.7 Å². The molecule has 3 rings (SSSR count). The molecule has 21 heavy (non-hydrogen) atoms. The third kappa shape index (κ3) is 2.49. The summed E-state index contributed by atoms with van der Waals surface area (Å²) in [5.74, 6) is -0.180. The highest BCUT2D eigenvalue weighted by atomic mass is 79.9. The van der Waals surface area contributed by atoms with Crippen molar-refractivity contribution in [1.29, 1.82) is 0 Å². The number of nitrogens with zero attached hydrogens (tertiary/aromatic N) is 1. The highest BCUT2D eigenvalue weighted by molar-refractivity contribution is 9.11. The van der Waals surface area contributed by atoms with Crippen molar-refractivity contribution in [3.63, 3.8) is 0 Å². The van der Waals surface area contributed by atoms with Crippen LogP contribution in [-0.4, -0.2) is 5.16 Å². The maximum absolute atomic E-state index is 13.7. The summed E-state index contributed by atoms with van der Waals surface area (Å²) in [6, 6.07) is 12.3. The van der Waals surface area contributed by atoms with Crippen LogP contribution in [0.5, 0.6) is 0 Å². The van der Waals surface area contributed by atoms with Gasteiger partial charge in [0.15, 0.2) is 0 Å². The second-order valence-corrected chi connectivity index (χ2v) is 6.00. The van der Waals surface area contributed by atoms with Crippen LogP contribution in [0.4, 0.5) is 10.3 Å². The van der Waals surface area contributed by atoms with E-state index in [1.807, 2.05) is 24.3 Å². The molecule has 0 aliphatic rings. The van der Waals surface area contributed by atoms with Crippen LogP contribution in [0, 0.1) is 5.82 Å². The smallest absolute Gasteiger partial charge is 0.230 e. The molecule has 0 radical (unpaired) electrons. The number of anilines is 1. The Morgan fingerprint density at radius 2 is 1.71 bits per heavy atom. The third-order valence-corrected chi connectivity index (χ3v) is 4.57. The third-order valence-electron chi connectivity index (χ3n) is 3.07. The highest BCUT2D eigenvalue weighted by Gasteiger charge is 2.21. The number of rotatable bonds is 2. The van der Waals surface area contributed by atoms with Crippen molar-refractivity contribution in [3.8, 4) is 22.4 Å². The van der Waals surface area contributed by atoms with Crippen LogP contribution >= 0.6 is 31.9 Å². The van der Waals surface area contributed by atoms with E-state index in [0.717, 1.165) is 10.0 Å². The minimum atomic E-state index is -0.368. The van der Waals surface area contributed by atoms with Gasteiger partial charge in [-0.25, -0.2) is 4.39 Å². The zero-order valence-corrected chi connectivity index (χ0v) is 13.8. The zero-order valence-electron chi connectivity index (χ0n) is 10.6. The Kier molecular flexibility index (Phi) is 3.82. The van der Waals surface area contributed by atoms with E-state index >= 15 is 0 Å². The standard InChI is InChI=1S/C15H9Br2FN2O/c16-10-6-2-1-4-8(10)12-14(20-21-15(12)19)9-5-3-7-11(18)13(9)17/h1-7H,19H2. The van der Waals surface area contributed by atoms with Crippen molar-refractivity contribution in [2.75, 3.05) is 5.73 Å². The van der Waals surface area contributed by atoms with Gasteiger partial charge in [0.25, 0.3) is 0 Å². The summed E-state index contributed by atoms with van der Waals surface area (Å²) >= 11 is 6.72. The average Bonchev–Trinajstić information content (AvgIpc) is 2.84. The van der Waals surface area contributed by atoms with Crippen molar-refractivity contribution in [1.82, 2.24) is 5.16 Å². The van der Waals surface area contributed by atoms with E-state index < -0.39 is 0 Å². The molecule has 0 aliphatic heterocycles. The van der Waals surface area contributed by atoms with Gasteiger partial charge in [-0.05, 0) is 28.1 Å². The molecule has 1 aromatic heterocycles. The van der Waals surface area contributed by atoms with E-state index in [4.69, 9.17) is 10.3 Å². The van der Waals surface area contributed by atoms with Gasteiger partial charge in [0.2, 0.25) is 5.88 Å². The summed E-state index contributed by atoms with van der Waals surface area (Å²) in [5, 5.41) is 3.99. The number of halogens is 3. The number of nitrogen functional groups attached to an aromatic ring is 1. The molecule has 2 aromatic carbocycles. The summed E-state index contributed by atoms with van der Waals surface area (Å²) in [6.45, 7) is 0. The maximum Gasteiger partial charge on any atom is 0.230 e. The number of hydrogen-bond acceptors (Lipinski definition) is 3. The lowest BCUT2D eigenvalue weighted by Crippen LogP contribution is -1.90. The van der Waals surface area contributed by atoms with Crippen LogP contribution in [0.2, 0.25) is 0 Å². The van der Waals surface area contributed by atoms with Gasteiger partial charge in [-0.2, -0.15) is 0 Å². The average molecular weight is 412 g/mol. The SMILES string of the molecule is Nc1onc(-c2cccc(F)c2Br)c1-c1ccccc1Br. The van der Waals surface area contributed by atoms with Crippen molar-refractivity contribution in [2.24, 2.45) is 0 Å². The van der Waals surface area contributed by atoms with Gasteiger partial charge in [0, 0.05) is 15.6 Å². The fraction of sp³-hybridized carbons (Fsp3) is 0. The van der Waals surface area contributed by atoms with Gasteiger partial charge < -0.3 is 10.3 Å². The van der Waals surface area contributed by atoms with Gasteiger partial charge in [-0.15, -0.1) is 0 Å². The van der Waals surface area contributed by atoms with Gasteiger partial charge >= 0.3 is 0 Å². The van der Waals surface area contributed by atoms with E-state index in [1.165, 1.54) is 6.07 Å². The van der Waals surface area contributed by atoms with E-state index in [1.54, 1.807) is 12.1 Å². The van der Waals surface area contributed by atoms with Crippen molar-refractivity contribution < 1.29 is 8.91 Å². The monoisotopic (exact) mass is 410 g/mol. The summed E-state index contributed by atoms with van der Waals surface area (Å²) in [7, 11) is 0. The van der Waals surface area contributed by atoms with Crippen LogP contribution in [-0.2, 0) is 0 Å². The Bertz CT molecular complexity index is 817. The van der Waals surface area contributed by atoms with Crippen LogP contribution in [0.25, 0.3) is 22.4 Å². The first-order valence-corrected chi connectivity index (χ1v) is 7.62. The van der Waals surface area contributed by atoms with Crippen molar-refractivity contribution in [3.05, 3.63) is 57.2 Å². The van der Waals surface area contributed by atoms with Crippen molar-refractivity contribution >= 4 is 37.7 Å². The minimum Gasteiger partial charge on any atom is -0.367 e. The second-order valence-electron chi connectivity index (χ2n) is 4.35. The van der Waals surface area contributed by atoms with Crippen LogP contribution in [0.3, 0.4) is 0 Å². The molecule has 0 bridgehead atoms. The molecule has 0 spiro atoms. The zero-order chi connectivity index (χ0) is 15.0. The maximum atomic E-state index is 13.7. The van der Waals surface area contributed by atoms with Gasteiger partial charge in [0.1, 0.15) is 11.5 Å². The first-order chi connectivity index (χ1) is 10.1. The number of aromatic nitrogens is 1. The Morgan fingerprint density at radius 1 is 1.00 bits per heavy atom. The quantitative estimate of drug-likeness (QED) is 0.626. The lowest BCUT2D eigenvalue weighted by molar-refractivity contribution is 0.439. The fourth-order valence-corrected chi connectivity index (χ4v) is 3.03. The predicted molar refractivity (Wildman–Crippen MR) is 87.1 cm³/mol. The molecule has 3 aromatic rings. The van der Waals surface area contributed by atoms with E-state index in [0.29, 0.717) is 21.3 Å². The van der Waals surface area contributed by atoms with Gasteiger partial charge in [0.05, 0.1) is 10.0 Å². The molecule has 0 fully saturated rings. The van der Waals surface area contributed by atoms with Crippen LogP contribution in [0.1, 0.15) is 0 Å². The van der Waals surface area contributed by atoms with E-state index in [9.17, 15) is 4.39 Å². The molecular formula is C15H9Br2FN2O. The van der Waals surface area contributed by atoms with Gasteiger partial charge in [-0.3, -0.25) is 0 Å². The molecule has 1 heterocycles. The summed E-state index contributed by atoms with van der Waals surface area (Å²) in [4.78, 5) is 0. The predicted octanol–water partition coefficient (Wildman–Crippen LogP) is 5.25. The molecular weight excluding hydrogens is 403 g/mol. The van der Waals surface area contributed by atoms with Gasteiger partial charge in [-0.1, -0.05) is 51.4 Å². The lowest BCUT2D eigenvalue weighted by atomic mass is 10.0. The molecule has 6 heteroatoms. The Balaban J connectivity index is 2.28. The second kappa shape index (κ2) is 5.61. The topological polar surface area (TPSA) is 52.0 Å². The lowest BCUT2D eigenvalue weighted by Gasteiger charge is -2.07. The largest absolute Gasteiger partial charge is 0.367 e. The number of benzene rings is 2. The molecule has 106 valence electrons. The fourth-order valence-electron chi connectivity index (χ4n) is 2.10. The Labute approximate surface area is 137 Å². The Hall–Kier alpha value is -1.66. The van der Waals surface area contributed by atoms with Crippen LogP contribution in [0.15, 0.2) is 55.9 Å². The normalized spacial score (nSPS) is 10.8. The first kappa shape index (κ1) is 14.3. The summed E-state index contributed by atoms with van der Waals surface area (Å²) in [6.07, 6.45) is 0. The molecule has 3 nitrogen and oxygen atoms in total. The number of hydrogen-bond donors (Lipinski definition) is 1. The molecule has 0 saturated carbocycles. The molecule has 0 saturated heterocycles. The molecule has 0 atom stereocenters. The summed E-state index contributed by atoms with van der Waals surface area (Å²) < 4.78 is 20.0. The minimum absolute atomic E-state index is 0.188. The molecule has 0 unspecified atom stereocenters. The summed E-state index contributed by atoms with van der Waals surface area (Å²) in [5.41, 5.74) is 8.45. The first-order valence-electron chi connectivity index (χ1n) is 6.04. The van der Waals surface area contributed by atoms with Crippen molar-refractivity contribution in [2.45, 2.75) is 0 Å². The van der Waals surface area contributed by atoms with Crippen LogP contribution < -0.4 is 5.73 Å². The Morgan fingerprint density at radius 3 is 2.48 bits per heavy atom. The number of nitrogens with two attached hydrogens (primary N) is 1. The van der Waals surface area contributed by atoms with E-state index in [2.05, 4.69) is 37.0 Å².